The molecule has 2 N–H and O–H groups in total. The van der Waals surface area contributed by atoms with Gasteiger partial charge in [-0.1, -0.05) is 43.2 Å². The summed E-state index contributed by atoms with van der Waals surface area (Å²) >= 11 is 0. The Kier molecular flexibility index (Phi) is 11.1. The first-order chi connectivity index (χ1) is 15.9. The van der Waals surface area contributed by atoms with Crippen LogP contribution in [0.2, 0.25) is 0 Å². The van der Waals surface area contributed by atoms with Gasteiger partial charge in [0.15, 0.2) is 5.92 Å². The molecule has 0 unspecified atom stereocenters. The minimum atomic E-state index is -1.47. The molecule has 1 aromatic rings. The van der Waals surface area contributed by atoms with Crippen molar-refractivity contribution in [2.75, 3.05) is 0 Å². The fourth-order valence-electron chi connectivity index (χ4n) is 3.95. The van der Waals surface area contributed by atoms with Gasteiger partial charge in [-0.05, 0) is 56.9 Å². The van der Waals surface area contributed by atoms with Crippen molar-refractivity contribution in [3.8, 4) is 0 Å². The van der Waals surface area contributed by atoms with Crippen molar-refractivity contribution in [1.29, 1.82) is 0 Å². The Morgan fingerprint density at radius 1 is 0.697 bits per heavy atom. The molecule has 2 fully saturated rings. The van der Waals surface area contributed by atoms with Crippen molar-refractivity contribution in [2.24, 2.45) is 0 Å². The van der Waals surface area contributed by atoms with E-state index in [1.54, 1.807) is 18.2 Å². The van der Waals surface area contributed by atoms with Gasteiger partial charge in [0.2, 0.25) is 0 Å². The van der Waals surface area contributed by atoms with Gasteiger partial charge in [0, 0.05) is 12.2 Å². The number of ether oxygens (including phenoxy) is 2. The standard InChI is InChI=1S/C16H24O4.C9H8O4/c17-15(19-13-7-3-1-4-8-13)11-12-16(18)20-14-9-5-2-6-10-14;10-8(11)7(9(12)13)6-4-2-1-3-5-6/h11-14H,1-10H2;1-5,7H,(H,10,11)(H,12,13)/b12-11-;. The summed E-state index contributed by atoms with van der Waals surface area (Å²) < 4.78 is 10.6. The van der Waals surface area contributed by atoms with Crippen molar-refractivity contribution in [3.05, 3.63) is 48.0 Å². The quantitative estimate of drug-likeness (QED) is 0.351. The lowest BCUT2D eigenvalue weighted by molar-refractivity contribution is -0.150. The summed E-state index contributed by atoms with van der Waals surface area (Å²) in [6, 6.07) is 7.87. The van der Waals surface area contributed by atoms with Gasteiger partial charge in [0.25, 0.3) is 0 Å². The average Bonchev–Trinajstić information content (AvgIpc) is 2.80. The highest BCUT2D eigenvalue weighted by Crippen LogP contribution is 2.21. The van der Waals surface area contributed by atoms with E-state index in [2.05, 4.69) is 0 Å². The first-order valence-corrected chi connectivity index (χ1v) is 11.5. The zero-order valence-electron chi connectivity index (χ0n) is 18.7. The van der Waals surface area contributed by atoms with Gasteiger partial charge in [0.1, 0.15) is 12.2 Å². The molecule has 33 heavy (non-hydrogen) atoms. The molecule has 0 radical (unpaired) electrons. The lowest BCUT2D eigenvalue weighted by Gasteiger charge is -2.21. The van der Waals surface area contributed by atoms with Crippen LogP contribution in [0.15, 0.2) is 42.5 Å². The molecular weight excluding hydrogens is 428 g/mol. The third-order valence-electron chi connectivity index (χ3n) is 5.65. The Morgan fingerprint density at radius 3 is 1.45 bits per heavy atom. The summed E-state index contributed by atoms with van der Waals surface area (Å²) in [5.74, 6) is -5.03. The molecule has 0 bridgehead atoms. The zero-order chi connectivity index (χ0) is 24.1. The molecule has 2 saturated carbocycles. The predicted octanol–water partition coefficient (Wildman–Crippen LogP) is 4.23. The maximum Gasteiger partial charge on any atom is 0.331 e. The van der Waals surface area contributed by atoms with Crippen molar-refractivity contribution in [1.82, 2.24) is 0 Å². The number of hydrogen-bond acceptors (Lipinski definition) is 6. The van der Waals surface area contributed by atoms with Crippen LogP contribution in [-0.2, 0) is 28.7 Å². The Bertz CT molecular complexity index is 757. The second kappa shape index (κ2) is 14.1. The maximum atomic E-state index is 11.6. The van der Waals surface area contributed by atoms with E-state index in [1.165, 1.54) is 37.1 Å². The SMILES string of the molecule is O=C(/C=C\C(=O)OC1CCCCC1)OC1CCCCC1.O=C(O)C(C(=O)O)c1ccccc1. The van der Waals surface area contributed by atoms with E-state index in [9.17, 15) is 19.2 Å². The molecule has 0 saturated heterocycles. The monoisotopic (exact) mass is 460 g/mol. The smallest absolute Gasteiger partial charge is 0.331 e. The van der Waals surface area contributed by atoms with Crippen LogP contribution < -0.4 is 0 Å². The summed E-state index contributed by atoms with van der Waals surface area (Å²) in [6.07, 6.45) is 13.1. The van der Waals surface area contributed by atoms with E-state index in [-0.39, 0.29) is 17.8 Å². The molecule has 8 heteroatoms. The molecular formula is C25H32O8. The normalized spacial score (nSPS) is 17.1. The number of rotatable bonds is 7. The lowest BCUT2D eigenvalue weighted by atomic mass is 9.98. The first kappa shape index (κ1) is 26.1. The highest BCUT2D eigenvalue weighted by Gasteiger charge is 2.27. The van der Waals surface area contributed by atoms with Crippen molar-refractivity contribution in [2.45, 2.75) is 82.3 Å². The molecule has 0 aromatic heterocycles. The first-order valence-electron chi connectivity index (χ1n) is 11.5. The van der Waals surface area contributed by atoms with Crippen molar-refractivity contribution >= 4 is 23.9 Å². The molecule has 0 aliphatic heterocycles. The second-order valence-electron chi connectivity index (χ2n) is 8.25. The van der Waals surface area contributed by atoms with Gasteiger partial charge in [-0.3, -0.25) is 9.59 Å². The van der Waals surface area contributed by atoms with Gasteiger partial charge in [-0.15, -0.1) is 0 Å². The third-order valence-corrected chi connectivity index (χ3v) is 5.65. The van der Waals surface area contributed by atoms with Crippen LogP contribution in [0, 0.1) is 0 Å². The van der Waals surface area contributed by atoms with E-state index < -0.39 is 29.8 Å². The van der Waals surface area contributed by atoms with Crippen LogP contribution in [0.1, 0.15) is 75.7 Å². The van der Waals surface area contributed by atoms with E-state index in [4.69, 9.17) is 19.7 Å². The minimum absolute atomic E-state index is 0.0234. The Hall–Kier alpha value is -3.16. The molecule has 2 aliphatic rings. The Labute approximate surface area is 193 Å². The number of esters is 2. The molecule has 1 aromatic carbocycles. The fraction of sp³-hybridized carbons (Fsp3) is 0.520. The van der Waals surface area contributed by atoms with Gasteiger partial charge >= 0.3 is 23.9 Å². The molecule has 2 aliphatic carbocycles. The number of hydrogen-bond donors (Lipinski definition) is 2. The number of carbonyl (C=O) groups excluding carboxylic acids is 2. The number of carboxylic acid groups (broad SMARTS) is 2. The zero-order valence-corrected chi connectivity index (χ0v) is 18.7. The van der Waals surface area contributed by atoms with Crippen LogP contribution >= 0.6 is 0 Å². The lowest BCUT2D eigenvalue weighted by Crippen LogP contribution is -2.21. The summed E-state index contributed by atoms with van der Waals surface area (Å²) in [6.45, 7) is 0. The number of carboxylic acids is 2. The highest BCUT2D eigenvalue weighted by molar-refractivity contribution is 5.98. The molecule has 3 rings (SSSR count). The average molecular weight is 461 g/mol. The van der Waals surface area contributed by atoms with Crippen LogP contribution in [0.25, 0.3) is 0 Å². The fourth-order valence-corrected chi connectivity index (χ4v) is 3.95. The molecule has 0 heterocycles. The van der Waals surface area contributed by atoms with Gasteiger partial charge in [-0.25, -0.2) is 9.59 Å². The minimum Gasteiger partial charge on any atom is -0.480 e. The van der Waals surface area contributed by atoms with Crippen molar-refractivity contribution in [3.63, 3.8) is 0 Å². The summed E-state index contributed by atoms with van der Waals surface area (Å²) in [5.41, 5.74) is 0.280. The van der Waals surface area contributed by atoms with Crippen LogP contribution in [-0.4, -0.2) is 46.3 Å². The van der Waals surface area contributed by atoms with Gasteiger partial charge in [-0.2, -0.15) is 0 Å². The summed E-state index contributed by atoms with van der Waals surface area (Å²) in [4.78, 5) is 44.3. The van der Waals surface area contributed by atoms with Crippen LogP contribution in [0.3, 0.4) is 0 Å². The van der Waals surface area contributed by atoms with E-state index in [0.29, 0.717) is 0 Å². The number of benzene rings is 1. The molecule has 0 atom stereocenters. The topological polar surface area (TPSA) is 127 Å². The third kappa shape index (κ3) is 9.89. The summed E-state index contributed by atoms with van der Waals surface area (Å²) in [7, 11) is 0. The number of carbonyl (C=O) groups is 4. The van der Waals surface area contributed by atoms with Gasteiger partial charge < -0.3 is 19.7 Å². The molecule has 0 spiro atoms. The van der Waals surface area contributed by atoms with Crippen LogP contribution in [0.4, 0.5) is 0 Å². The Balaban J connectivity index is 0.000000257. The largest absolute Gasteiger partial charge is 0.480 e. The molecule has 180 valence electrons. The maximum absolute atomic E-state index is 11.6. The molecule has 8 nitrogen and oxygen atoms in total. The Morgan fingerprint density at radius 2 is 1.09 bits per heavy atom. The number of aliphatic carboxylic acids is 2. The second-order valence-corrected chi connectivity index (χ2v) is 8.25. The van der Waals surface area contributed by atoms with E-state index in [1.807, 2.05) is 0 Å². The molecule has 0 amide bonds. The summed E-state index contributed by atoms with van der Waals surface area (Å²) in [5, 5.41) is 17.2. The highest BCUT2D eigenvalue weighted by atomic mass is 16.5. The predicted molar refractivity (Wildman–Crippen MR) is 120 cm³/mol. The van der Waals surface area contributed by atoms with Gasteiger partial charge in [0.05, 0.1) is 0 Å². The van der Waals surface area contributed by atoms with E-state index >= 15 is 0 Å². The van der Waals surface area contributed by atoms with Crippen molar-refractivity contribution < 1.29 is 38.9 Å². The van der Waals surface area contributed by atoms with E-state index in [0.717, 1.165) is 51.4 Å². The van der Waals surface area contributed by atoms with Crippen LogP contribution in [0.5, 0.6) is 0 Å².